The first kappa shape index (κ1) is 22.9. The number of ether oxygens (including phenoxy) is 1. The molecule has 1 aromatic heterocycles. The lowest BCUT2D eigenvalue weighted by atomic mass is 9.88. The fourth-order valence-corrected chi connectivity index (χ4v) is 3.70. The zero-order valence-electron chi connectivity index (χ0n) is 18.3. The first-order valence-corrected chi connectivity index (χ1v) is 11.1. The number of halogens is 1. The molecule has 1 atom stereocenters. The van der Waals surface area contributed by atoms with Crippen LogP contribution in [0.4, 0.5) is 0 Å². The minimum Gasteiger partial charge on any atom is -0.458 e. The Hall–Kier alpha value is -2.78. The summed E-state index contributed by atoms with van der Waals surface area (Å²) in [7, 11) is 0. The van der Waals surface area contributed by atoms with Crippen LogP contribution in [0.15, 0.2) is 71.2 Å². The number of furan rings is 1. The minimum absolute atomic E-state index is 0.0878. The van der Waals surface area contributed by atoms with Gasteiger partial charge in [0.05, 0.1) is 5.92 Å². The molecule has 0 saturated heterocycles. The molecule has 0 bridgehead atoms. The second kappa shape index (κ2) is 11.0. The van der Waals surface area contributed by atoms with Gasteiger partial charge in [0.2, 0.25) is 0 Å². The summed E-state index contributed by atoms with van der Waals surface area (Å²) in [4.78, 5) is 12.9. The third-order valence-corrected chi connectivity index (χ3v) is 5.46. The molecule has 3 nitrogen and oxygen atoms in total. The highest BCUT2D eigenvalue weighted by atomic mass is 35.5. The summed E-state index contributed by atoms with van der Waals surface area (Å²) in [6.07, 6.45) is 7.10. The molecule has 1 heterocycles. The largest absolute Gasteiger partial charge is 0.458 e. The van der Waals surface area contributed by atoms with Crippen LogP contribution in [-0.2, 0) is 11.2 Å². The lowest BCUT2D eigenvalue weighted by Crippen LogP contribution is -2.23. The Morgan fingerprint density at radius 1 is 1.10 bits per heavy atom. The van der Waals surface area contributed by atoms with Crippen LogP contribution in [0.1, 0.15) is 55.3 Å². The first-order chi connectivity index (χ1) is 14.9. The average Bonchev–Trinajstić information content (AvgIpc) is 3.09. The van der Waals surface area contributed by atoms with E-state index in [1.807, 2.05) is 45.0 Å². The second-order valence-corrected chi connectivity index (χ2v) is 8.48. The highest BCUT2D eigenvalue weighted by Crippen LogP contribution is 2.30. The van der Waals surface area contributed by atoms with Crippen LogP contribution in [0.2, 0.25) is 5.02 Å². The van der Waals surface area contributed by atoms with Crippen LogP contribution in [-0.4, -0.2) is 5.97 Å². The predicted octanol–water partition coefficient (Wildman–Crippen LogP) is 7.62. The maximum atomic E-state index is 12.9. The molecule has 3 rings (SSSR count). The van der Waals surface area contributed by atoms with Crippen molar-refractivity contribution in [1.82, 2.24) is 0 Å². The van der Waals surface area contributed by atoms with Gasteiger partial charge in [-0.2, -0.15) is 0 Å². The highest BCUT2D eigenvalue weighted by Gasteiger charge is 2.27. The summed E-state index contributed by atoms with van der Waals surface area (Å²) >= 11 is 5.99. The molecule has 0 amide bonds. The average molecular weight is 437 g/mol. The third kappa shape index (κ3) is 6.60. The molecule has 0 N–H and O–H groups in total. The maximum absolute atomic E-state index is 12.9. The number of carbonyl (C=O) groups is 1. The summed E-state index contributed by atoms with van der Waals surface area (Å²) in [5.74, 6) is 1.17. The van der Waals surface area contributed by atoms with Crippen molar-refractivity contribution in [2.24, 2.45) is 5.92 Å². The number of hydrogen-bond donors (Lipinski definition) is 0. The second-order valence-electron chi connectivity index (χ2n) is 8.04. The van der Waals surface area contributed by atoms with Crippen molar-refractivity contribution < 1.29 is 13.9 Å². The van der Waals surface area contributed by atoms with E-state index < -0.39 is 0 Å². The molecule has 162 valence electrons. The van der Waals surface area contributed by atoms with Gasteiger partial charge in [-0.1, -0.05) is 74.0 Å². The van der Waals surface area contributed by atoms with Gasteiger partial charge in [0.15, 0.2) is 5.75 Å². The Morgan fingerprint density at radius 2 is 1.81 bits per heavy atom. The molecule has 0 aliphatic rings. The quantitative estimate of drug-likeness (QED) is 0.256. The van der Waals surface area contributed by atoms with Gasteiger partial charge >= 0.3 is 5.97 Å². The Morgan fingerprint density at radius 3 is 2.48 bits per heavy atom. The van der Waals surface area contributed by atoms with Crippen LogP contribution < -0.4 is 4.74 Å². The molecule has 31 heavy (non-hydrogen) atoms. The zero-order chi connectivity index (χ0) is 22.2. The SMILES string of the molecule is Cc1oc(C=CCCCc2ccccc2)cc1OC(=O)C(c1ccc(Cl)cc1)C(C)C. The maximum Gasteiger partial charge on any atom is 0.319 e. The van der Waals surface area contributed by atoms with E-state index in [9.17, 15) is 4.79 Å². The number of esters is 1. The normalized spacial score (nSPS) is 12.4. The monoisotopic (exact) mass is 436 g/mol. The minimum atomic E-state index is -0.372. The van der Waals surface area contributed by atoms with E-state index in [1.165, 1.54) is 5.56 Å². The summed E-state index contributed by atoms with van der Waals surface area (Å²) in [5, 5.41) is 0.644. The Labute approximate surface area is 189 Å². The van der Waals surface area contributed by atoms with Gasteiger partial charge in [0, 0.05) is 11.1 Å². The van der Waals surface area contributed by atoms with E-state index in [-0.39, 0.29) is 17.8 Å². The number of allylic oxidation sites excluding steroid dienone is 1. The Bertz CT molecular complexity index is 1000. The number of rotatable bonds is 9. The van der Waals surface area contributed by atoms with Crippen molar-refractivity contribution >= 4 is 23.6 Å². The molecule has 2 aromatic carbocycles. The summed E-state index contributed by atoms with van der Waals surface area (Å²) in [6, 6.07) is 19.6. The standard InChI is InChI=1S/C27H29ClO3/c1-19(2)26(22-14-16-23(28)17-15-22)27(29)31-25-18-24(30-20(25)3)13-9-5-8-12-21-10-6-4-7-11-21/h4,6-7,9-11,13-19,26H,5,8,12H2,1-3H3. The van der Waals surface area contributed by atoms with Crippen LogP contribution in [0.25, 0.3) is 6.08 Å². The summed E-state index contributed by atoms with van der Waals surface area (Å²) < 4.78 is 11.5. The van der Waals surface area contributed by atoms with Crippen LogP contribution in [0.5, 0.6) is 5.75 Å². The molecule has 0 fully saturated rings. The van der Waals surface area contributed by atoms with Gasteiger partial charge < -0.3 is 9.15 Å². The molecule has 1 unspecified atom stereocenters. The van der Waals surface area contributed by atoms with Crippen LogP contribution in [0.3, 0.4) is 0 Å². The van der Waals surface area contributed by atoms with Gasteiger partial charge in [-0.15, -0.1) is 0 Å². The lowest BCUT2D eigenvalue weighted by molar-refractivity contribution is -0.137. The van der Waals surface area contributed by atoms with E-state index in [4.69, 9.17) is 20.8 Å². The van der Waals surface area contributed by atoms with Crippen LogP contribution >= 0.6 is 11.6 Å². The van der Waals surface area contributed by atoms with Crippen molar-refractivity contribution in [2.45, 2.75) is 46.0 Å². The summed E-state index contributed by atoms with van der Waals surface area (Å²) in [5.41, 5.74) is 2.24. The van der Waals surface area contributed by atoms with Gasteiger partial charge in [-0.25, -0.2) is 0 Å². The molecule has 4 heteroatoms. The number of carbonyl (C=O) groups excluding carboxylic acids is 1. The van der Waals surface area contributed by atoms with E-state index in [0.717, 1.165) is 24.8 Å². The van der Waals surface area contributed by atoms with Gasteiger partial charge in [-0.3, -0.25) is 4.79 Å². The van der Waals surface area contributed by atoms with E-state index in [0.29, 0.717) is 22.3 Å². The zero-order valence-corrected chi connectivity index (χ0v) is 19.1. The number of hydrogen-bond acceptors (Lipinski definition) is 3. The lowest BCUT2D eigenvalue weighted by Gasteiger charge is -2.19. The fourth-order valence-electron chi connectivity index (χ4n) is 3.57. The van der Waals surface area contributed by atoms with E-state index in [1.54, 1.807) is 18.2 Å². The van der Waals surface area contributed by atoms with Gasteiger partial charge in [0.25, 0.3) is 0 Å². The molecule has 0 aliphatic heterocycles. The number of benzene rings is 2. The number of aryl methyl sites for hydroxylation is 2. The Balaban J connectivity index is 1.59. The van der Waals surface area contributed by atoms with E-state index in [2.05, 4.69) is 30.3 Å². The molecule has 0 saturated carbocycles. The highest BCUT2D eigenvalue weighted by molar-refractivity contribution is 6.30. The van der Waals surface area contributed by atoms with Gasteiger partial charge in [-0.05, 0) is 61.4 Å². The molecule has 3 aromatic rings. The predicted molar refractivity (Wildman–Crippen MR) is 127 cm³/mol. The van der Waals surface area contributed by atoms with Crippen molar-refractivity contribution in [2.75, 3.05) is 0 Å². The van der Waals surface area contributed by atoms with Gasteiger partial charge in [0.1, 0.15) is 11.5 Å². The van der Waals surface area contributed by atoms with Crippen molar-refractivity contribution in [3.8, 4) is 5.75 Å². The number of unbranched alkanes of at least 4 members (excludes halogenated alkanes) is 1. The topological polar surface area (TPSA) is 39.4 Å². The Kier molecular flexibility index (Phi) is 8.13. The summed E-state index contributed by atoms with van der Waals surface area (Å²) in [6.45, 7) is 5.82. The molecule has 0 aliphatic carbocycles. The molecule has 0 spiro atoms. The molecular weight excluding hydrogens is 408 g/mol. The smallest absolute Gasteiger partial charge is 0.319 e. The van der Waals surface area contributed by atoms with Crippen molar-refractivity contribution in [1.29, 1.82) is 0 Å². The fraction of sp³-hybridized carbons (Fsp3) is 0.296. The molecular formula is C27H29ClO3. The van der Waals surface area contributed by atoms with Crippen molar-refractivity contribution in [3.63, 3.8) is 0 Å². The van der Waals surface area contributed by atoms with E-state index >= 15 is 0 Å². The molecule has 0 radical (unpaired) electrons. The van der Waals surface area contributed by atoms with Crippen molar-refractivity contribution in [3.05, 3.63) is 94.4 Å². The van der Waals surface area contributed by atoms with Crippen LogP contribution in [0, 0.1) is 12.8 Å². The first-order valence-electron chi connectivity index (χ1n) is 10.7. The third-order valence-electron chi connectivity index (χ3n) is 5.21.